The van der Waals surface area contributed by atoms with E-state index in [0.717, 1.165) is 18.4 Å². The summed E-state index contributed by atoms with van der Waals surface area (Å²) >= 11 is 0. The molecule has 0 spiro atoms. The highest BCUT2D eigenvalue weighted by Gasteiger charge is 2.37. The summed E-state index contributed by atoms with van der Waals surface area (Å²) in [5, 5.41) is 0. The number of halogens is 1. The Morgan fingerprint density at radius 1 is 1.26 bits per heavy atom. The van der Waals surface area contributed by atoms with E-state index in [-0.39, 0.29) is 30.3 Å². The van der Waals surface area contributed by atoms with Crippen LogP contribution in [-0.4, -0.2) is 47.3 Å². The number of carbonyl (C=O) groups excluding carboxylic acids is 2. The van der Waals surface area contributed by atoms with Crippen LogP contribution in [0.15, 0.2) is 30.3 Å². The Hall–Kier alpha value is -1.59. The van der Waals surface area contributed by atoms with Crippen LogP contribution in [0.2, 0.25) is 0 Å². The van der Waals surface area contributed by atoms with E-state index in [9.17, 15) is 9.59 Å². The van der Waals surface area contributed by atoms with Crippen molar-refractivity contribution in [2.45, 2.75) is 38.8 Å². The van der Waals surface area contributed by atoms with Gasteiger partial charge >= 0.3 is 0 Å². The Balaban J connectivity index is 0.00000264. The molecule has 2 rings (SSSR count). The maximum atomic E-state index is 12.7. The number of rotatable bonds is 5. The van der Waals surface area contributed by atoms with Gasteiger partial charge in [0, 0.05) is 19.6 Å². The normalized spacial score (nSPS) is 18.2. The van der Waals surface area contributed by atoms with Crippen LogP contribution in [0.25, 0.3) is 0 Å². The number of nitrogens with two attached hydrogens (primary N) is 1. The number of hydrogen-bond acceptors (Lipinski definition) is 3. The molecule has 1 aromatic carbocycles. The molecular formula is C17H26ClN3O2. The van der Waals surface area contributed by atoms with Crippen molar-refractivity contribution in [1.82, 2.24) is 9.80 Å². The molecule has 1 fully saturated rings. The van der Waals surface area contributed by atoms with Gasteiger partial charge in [0.25, 0.3) is 0 Å². The van der Waals surface area contributed by atoms with E-state index < -0.39 is 6.04 Å². The molecule has 2 N–H and O–H groups in total. The van der Waals surface area contributed by atoms with E-state index in [4.69, 9.17) is 5.73 Å². The third-order valence-electron chi connectivity index (χ3n) is 4.32. The van der Waals surface area contributed by atoms with Crippen LogP contribution in [0, 0.1) is 0 Å². The molecule has 0 saturated carbocycles. The molecule has 5 nitrogen and oxygen atoms in total. The van der Waals surface area contributed by atoms with Gasteiger partial charge in [-0.2, -0.15) is 0 Å². The van der Waals surface area contributed by atoms with Crippen molar-refractivity contribution in [3.05, 3.63) is 35.9 Å². The summed E-state index contributed by atoms with van der Waals surface area (Å²) in [5.74, 6) is -0.120. The number of carbonyl (C=O) groups is 2. The predicted octanol–water partition coefficient (Wildman–Crippen LogP) is 1.97. The van der Waals surface area contributed by atoms with Gasteiger partial charge in [0.2, 0.25) is 11.8 Å². The van der Waals surface area contributed by atoms with Crippen molar-refractivity contribution < 1.29 is 9.59 Å². The number of benzene rings is 1. The van der Waals surface area contributed by atoms with Crippen molar-refractivity contribution >= 4 is 24.2 Å². The van der Waals surface area contributed by atoms with Gasteiger partial charge in [0.15, 0.2) is 0 Å². The molecule has 0 aromatic heterocycles. The number of amides is 2. The first kappa shape index (κ1) is 19.5. The van der Waals surface area contributed by atoms with E-state index >= 15 is 0 Å². The van der Waals surface area contributed by atoms with Crippen molar-refractivity contribution in [3.63, 3.8) is 0 Å². The van der Waals surface area contributed by atoms with Crippen LogP contribution in [0.3, 0.4) is 0 Å². The van der Waals surface area contributed by atoms with E-state index in [1.54, 1.807) is 9.80 Å². The largest absolute Gasteiger partial charge is 0.341 e. The summed E-state index contributed by atoms with van der Waals surface area (Å²) in [4.78, 5) is 28.7. The summed E-state index contributed by atoms with van der Waals surface area (Å²) in [7, 11) is 0. The average Bonchev–Trinajstić information content (AvgIpc) is 3.04. The molecular weight excluding hydrogens is 314 g/mol. The average molecular weight is 340 g/mol. The number of hydrogen-bond donors (Lipinski definition) is 1. The topological polar surface area (TPSA) is 66.6 Å². The summed E-state index contributed by atoms with van der Waals surface area (Å²) < 4.78 is 0. The number of likely N-dealkylation sites (tertiary alicyclic amines) is 1. The Morgan fingerprint density at radius 2 is 1.87 bits per heavy atom. The first-order chi connectivity index (χ1) is 10.6. The Bertz CT molecular complexity index is 520. The summed E-state index contributed by atoms with van der Waals surface area (Å²) in [6, 6.07) is 8.26. The molecule has 2 amide bonds. The molecule has 2 unspecified atom stereocenters. The lowest BCUT2D eigenvalue weighted by molar-refractivity contribution is -0.144. The summed E-state index contributed by atoms with van der Waals surface area (Å²) in [5.41, 5.74) is 6.89. The van der Waals surface area contributed by atoms with Crippen LogP contribution in [0.1, 0.15) is 38.3 Å². The SMILES string of the molecule is CCN(CC)C(=O)C1CCCN1C(=O)C(N)c1ccccc1.Cl. The lowest BCUT2D eigenvalue weighted by Gasteiger charge is -2.30. The number of nitrogens with zero attached hydrogens (tertiary/aromatic N) is 2. The van der Waals surface area contributed by atoms with Gasteiger partial charge < -0.3 is 15.5 Å². The smallest absolute Gasteiger partial charge is 0.245 e. The molecule has 2 atom stereocenters. The second-order valence-electron chi connectivity index (χ2n) is 5.59. The summed E-state index contributed by atoms with van der Waals surface area (Å²) in [6.07, 6.45) is 1.58. The standard InChI is InChI=1S/C17H25N3O2.ClH/c1-3-19(4-2)16(21)14-11-8-12-20(14)17(22)15(18)13-9-6-5-7-10-13;/h5-7,9-10,14-15H,3-4,8,11-12,18H2,1-2H3;1H. The number of likely N-dealkylation sites (N-methyl/N-ethyl adjacent to an activating group) is 1. The van der Waals surface area contributed by atoms with Crippen LogP contribution in [0.4, 0.5) is 0 Å². The van der Waals surface area contributed by atoms with Crippen LogP contribution >= 0.6 is 12.4 Å². The highest BCUT2D eigenvalue weighted by molar-refractivity contribution is 5.90. The van der Waals surface area contributed by atoms with Gasteiger partial charge in [-0.3, -0.25) is 9.59 Å². The molecule has 0 bridgehead atoms. The van der Waals surface area contributed by atoms with Crippen molar-refractivity contribution in [2.24, 2.45) is 5.73 Å². The van der Waals surface area contributed by atoms with E-state index in [0.29, 0.717) is 19.6 Å². The molecule has 1 saturated heterocycles. The van der Waals surface area contributed by atoms with Crippen molar-refractivity contribution in [1.29, 1.82) is 0 Å². The summed E-state index contributed by atoms with van der Waals surface area (Å²) in [6.45, 7) is 5.85. The van der Waals surface area contributed by atoms with Crippen LogP contribution in [0.5, 0.6) is 0 Å². The minimum absolute atomic E-state index is 0. The lowest BCUT2D eigenvalue weighted by atomic mass is 10.1. The fourth-order valence-corrected chi connectivity index (χ4v) is 3.01. The van der Waals surface area contributed by atoms with Gasteiger partial charge in [-0.1, -0.05) is 30.3 Å². The monoisotopic (exact) mass is 339 g/mol. The van der Waals surface area contributed by atoms with E-state index in [1.165, 1.54) is 0 Å². The minimum Gasteiger partial charge on any atom is -0.341 e. The molecule has 0 radical (unpaired) electrons. The van der Waals surface area contributed by atoms with Gasteiger partial charge in [0.05, 0.1) is 0 Å². The zero-order valence-corrected chi connectivity index (χ0v) is 14.6. The predicted molar refractivity (Wildman–Crippen MR) is 93.3 cm³/mol. The first-order valence-corrected chi connectivity index (χ1v) is 7.99. The zero-order chi connectivity index (χ0) is 16.1. The highest BCUT2D eigenvalue weighted by atomic mass is 35.5. The minimum atomic E-state index is -0.702. The van der Waals surface area contributed by atoms with E-state index in [1.807, 2.05) is 44.2 Å². The maximum absolute atomic E-state index is 12.7. The fourth-order valence-electron chi connectivity index (χ4n) is 3.01. The third-order valence-corrected chi connectivity index (χ3v) is 4.32. The molecule has 23 heavy (non-hydrogen) atoms. The van der Waals surface area contributed by atoms with Crippen molar-refractivity contribution in [3.8, 4) is 0 Å². The van der Waals surface area contributed by atoms with Gasteiger partial charge in [0.1, 0.15) is 12.1 Å². The molecule has 6 heteroatoms. The molecule has 0 aliphatic carbocycles. The maximum Gasteiger partial charge on any atom is 0.245 e. The lowest BCUT2D eigenvalue weighted by Crippen LogP contribution is -2.49. The first-order valence-electron chi connectivity index (χ1n) is 7.99. The Kier molecular flexibility index (Phi) is 7.52. The Labute approximate surface area is 144 Å². The van der Waals surface area contributed by atoms with Gasteiger partial charge in [-0.15, -0.1) is 12.4 Å². The fraction of sp³-hybridized carbons (Fsp3) is 0.529. The molecule has 1 aromatic rings. The molecule has 1 heterocycles. The van der Waals surface area contributed by atoms with Crippen LogP contribution < -0.4 is 5.73 Å². The second kappa shape index (κ2) is 8.89. The molecule has 128 valence electrons. The molecule has 1 aliphatic rings. The third kappa shape index (κ3) is 4.24. The quantitative estimate of drug-likeness (QED) is 0.891. The van der Waals surface area contributed by atoms with E-state index in [2.05, 4.69) is 0 Å². The second-order valence-corrected chi connectivity index (χ2v) is 5.59. The highest BCUT2D eigenvalue weighted by Crippen LogP contribution is 2.23. The zero-order valence-electron chi connectivity index (χ0n) is 13.8. The molecule has 1 aliphatic heterocycles. The van der Waals surface area contributed by atoms with Gasteiger partial charge in [-0.05, 0) is 32.3 Å². The Morgan fingerprint density at radius 3 is 2.43 bits per heavy atom. The van der Waals surface area contributed by atoms with Gasteiger partial charge in [-0.25, -0.2) is 0 Å². The van der Waals surface area contributed by atoms with Crippen molar-refractivity contribution in [2.75, 3.05) is 19.6 Å². The van der Waals surface area contributed by atoms with Crippen LogP contribution in [-0.2, 0) is 9.59 Å².